The number of nitrogens with two attached hydrogens (primary N) is 1. The molecule has 33 heavy (non-hydrogen) atoms. The summed E-state index contributed by atoms with van der Waals surface area (Å²) < 4.78 is 0. The van der Waals surface area contributed by atoms with Crippen molar-refractivity contribution in [3.63, 3.8) is 0 Å². The molecule has 9 heteroatoms. The minimum Gasteiger partial charge on any atom is -0.353 e. The third-order valence-corrected chi connectivity index (χ3v) is 5.08. The molecule has 0 amide bonds. The van der Waals surface area contributed by atoms with Gasteiger partial charge >= 0.3 is 0 Å². The predicted molar refractivity (Wildman–Crippen MR) is 131 cm³/mol. The highest BCUT2D eigenvalue weighted by molar-refractivity contribution is 5.81. The number of nitrogens with zero attached hydrogens (tertiary/aromatic N) is 4. The Balaban J connectivity index is 1.95. The Morgan fingerprint density at radius 2 is 1.73 bits per heavy atom. The zero-order valence-electron chi connectivity index (χ0n) is 18.6. The van der Waals surface area contributed by atoms with Gasteiger partial charge in [-0.1, -0.05) is 6.08 Å². The fourth-order valence-corrected chi connectivity index (χ4v) is 3.53. The number of hydrogen-bond acceptors (Lipinski definition) is 7. The van der Waals surface area contributed by atoms with Crippen LogP contribution in [0, 0.1) is 5.41 Å². The zero-order chi connectivity index (χ0) is 23.2. The summed E-state index contributed by atoms with van der Waals surface area (Å²) in [5, 5.41) is 28.2. The lowest BCUT2D eigenvalue weighted by Crippen LogP contribution is -2.27. The largest absolute Gasteiger partial charge is 0.353 e. The van der Waals surface area contributed by atoms with Crippen LogP contribution in [0.3, 0.4) is 0 Å². The molecular formula is C24H27N9. The molecule has 0 fully saturated rings. The highest BCUT2D eigenvalue weighted by Gasteiger charge is 2.15. The Morgan fingerprint density at radius 1 is 1.06 bits per heavy atom. The van der Waals surface area contributed by atoms with Gasteiger partial charge in [0.25, 0.3) is 0 Å². The minimum atomic E-state index is -0.281. The van der Waals surface area contributed by atoms with E-state index in [1.807, 2.05) is 38.1 Å². The number of pyridine rings is 2. The number of rotatable bonds is 8. The molecule has 4 rings (SSSR count). The highest BCUT2D eigenvalue weighted by atomic mass is 15.2. The summed E-state index contributed by atoms with van der Waals surface area (Å²) in [7, 11) is 0. The molecule has 0 radical (unpaired) electrons. The van der Waals surface area contributed by atoms with Gasteiger partial charge in [0.15, 0.2) is 5.82 Å². The second-order valence-electron chi connectivity index (χ2n) is 7.83. The average molecular weight is 442 g/mol. The van der Waals surface area contributed by atoms with Crippen LogP contribution < -0.4 is 21.6 Å². The van der Waals surface area contributed by atoms with Crippen LogP contribution in [0.5, 0.6) is 0 Å². The number of hydrogen-bond donors (Lipinski definition) is 5. The Kier molecular flexibility index (Phi) is 6.70. The van der Waals surface area contributed by atoms with Crippen molar-refractivity contribution in [2.75, 3.05) is 5.32 Å². The lowest BCUT2D eigenvalue weighted by atomic mass is 10.1. The average Bonchev–Trinajstić information content (AvgIpc) is 3.39. The molecule has 0 bridgehead atoms. The first-order valence-corrected chi connectivity index (χ1v) is 10.7. The first-order chi connectivity index (χ1) is 16.0. The first-order valence-electron chi connectivity index (χ1n) is 10.7. The molecule has 4 aromatic heterocycles. The molecule has 4 heterocycles. The third kappa shape index (κ3) is 5.21. The fraction of sp³-hybridized carbons (Fsp3) is 0.208. The molecule has 9 nitrogen and oxygen atoms in total. The van der Waals surface area contributed by atoms with Gasteiger partial charge in [0, 0.05) is 52.4 Å². The molecular weight excluding hydrogens is 414 g/mol. The Bertz CT molecular complexity index is 1340. The molecule has 1 atom stereocenters. The van der Waals surface area contributed by atoms with Crippen molar-refractivity contribution in [1.82, 2.24) is 30.4 Å². The topological polar surface area (TPSA) is 145 Å². The van der Waals surface area contributed by atoms with E-state index >= 15 is 0 Å². The molecule has 0 aliphatic carbocycles. The van der Waals surface area contributed by atoms with Crippen LogP contribution in [0.1, 0.15) is 32.3 Å². The number of aromatic nitrogens is 6. The maximum atomic E-state index is 7.73. The summed E-state index contributed by atoms with van der Waals surface area (Å²) in [4.78, 5) is 8.25. The van der Waals surface area contributed by atoms with Gasteiger partial charge in [0.2, 0.25) is 0 Å². The van der Waals surface area contributed by atoms with Crippen LogP contribution in [-0.4, -0.2) is 42.2 Å². The lowest BCUT2D eigenvalue weighted by molar-refractivity contribution is 0.840. The third-order valence-electron chi connectivity index (χ3n) is 5.08. The van der Waals surface area contributed by atoms with Crippen molar-refractivity contribution < 1.29 is 0 Å². The Hall–Kier alpha value is -4.11. The number of anilines is 1. The molecule has 0 aromatic carbocycles. The van der Waals surface area contributed by atoms with Crippen molar-refractivity contribution in [1.29, 1.82) is 5.41 Å². The van der Waals surface area contributed by atoms with Crippen molar-refractivity contribution in [2.45, 2.75) is 32.9 Å². The molecule has 0 aliphatic rings. The van der Waals surface area contributed by atoms with Crippen LogP contribution >= 0.6 is 0 Å². The number of nitrogens with one attached hydrogen (secondary N) is 4. The van der Waals surface area contributed by atoms with Gasteiger partial charge in [-0.05, 0) is 57.0 Å². The van der Waals surface area contributed by atoms with Crippen molar-refractivity contribution in [3.05, 3.63) is 65.2 Å². The zero-order valence-corrected chi connectivity index (χ0v) is 18.6. The quantitative estimate of drug-likeness (QED) is 0.210. The molecule has 0 spiro atoms. The fourth-order valence-electron chi connectivity index (χ4n) is 3.53. The van der Waals surface area contributed by atoms with E-state index in [4.69, 9.17) is 11.1 Å². The highest BCUT2D eigenvalue weighted by Crippen LogP contribution is 2.27. The van der Waals surface area contributed by atoms with Crippen molar-refractivity contribution in [2.24, 2.45) is 5.73 Å². The van der Waals surface area contributed by atoms with E-state index in [0.29, 0.717) is 18.0 Å². The summed E-state index contributed by atoms with van der Waals surface area (Å²) >= 11 is 0. The van der Waals surface area contributed by atoms with E-state index in [0.717, 1.165) is 45.1 Å². The molecule has 0 aliphatic heterocycles. The summed E-state index contributed by atoms with van der Waals surface area (Å²) in [6, 6.07) is 7.72. The van der Waals surface area contributed by atoms with Gasteiger partial charge in [0.1, 0.15) is 5.69 Å². The van der Waals surface area contributed by atoms with E-state index in [-0.39, 0.29) is 6.17 Å². The Labute approximate surface area is 191 Å². The van der Waals surface area contributed by atoms with Gasteiger partial charge in [-0.3, -0.25) is 20.2 Å². The smallest absolute Gasteiger partial charge is 0.156 e. The molecule has 6 N–H and O–H groups in total. The predicted octanol–water partition coefficient (Wildman–Crippen LogP) is 2.40. The van der Waals surface area contributed by atoms with Crippen LogP contribution in [0.25, 0.3) is 34.7 Å². The monoisotopic (exact) mass is 441 g/mol. The van der Waals surface area contributed by atoms with Gasteiger partial charge in [-0.2, -0.15) is 10.2 Å². The normalized spacial score (nSPS) is 13.3. The standard InChI is InChI=1S/C24H27N9/c1-15(25)4-3-5-21-19(22(31-30-21)17-6-10-27-11-7-17)14-20-23(18-8-12-28-13-9-18)32-33-24(20)29-16(2)26/h5-14,16,25,30H,3-4,26H2,1-2H3,(H2,29,32,33)/b19-14+,21-5-,25-15?. The SMILES string of the molecule is CC(=N)CC/C=c1\[nH]nc(-c2ccncc2)\c1=C\c1c(NC(C)N)n[nH]c1-c1ccncc1. The second kappa shape index (κ2) is 10.0. The van der Waals surface area contributed by atoms with E-state index in [2.05, 4.69) is 47.8 Å². The van der Waals surface area contributed by atoms with Gasteiger partial charge in [-0.25, -0.2) is 0 Å². The lowest BCUT2D eigenvalue weighted by Gasteiger charge is -2.08. The van der Waals surface area contributed by atoms with E-state index in [9.17, 15) is 0 Å². The van der Waals surface area contributed by atoms with E-state index in [1.165, 1.54) is 0 Å². The maximum absolute atomic E-state index is 7.73. The van der Waals surface area contributed by atoms with Gasteiger partial charge in [0.05, 0.1) is 17.2 Å². The van der Waals surface area contributed by atoms with Crippen LogP contribution in [-0.2, 0) is 0 Å². The summed E-state index contributed by atoms with van der Waals surface area (Å²) in [6.45, 7) is 3.68. The van der Waals surface area contributed by atoms with Crippen LogP contribution in [0.2, 0.25) is 0 Å². The van der Waals surface area contributed by atoms with Crippen molar-refractivity contribution in [3.8, 4) is 22.5 Å². The van der Waals surface area contributed by atoms with E-state index < -0.39 is 0 Å². The van der Waals surface area contributed by atoms with Gasteiger partial charge in [-0.15, -0.1) is 0 Å². The van der Waals surface area contributed by atoms with Crippen molar-refractivity contribution >= 4 is 23.7 Å². The first kappa shape index (κ1) is 22.1. The maximum Gasteiger partial charge on any atom is 0.156 e. The molecule has 0 saturated carbocycles. The number of H-pyrrole nitrogens is 2. The molecule has 168 valence electrons. The van der Waals surface area contributed by atoms with E-state index in [1.54, 1.807) is 24.8 Å². The Morgan fingerprint density at radius 3 is 2.36 bits per heavy atom. The minimum absolute atomic E-state index is 0.281. The summed E-state index contributed by atoms with van der Waals surface area (Å²) in [5.41, 5.74) is 11.1. The number of aromatic amines is 2. The molecule has 0 saturated heterocycles. The molecule has 4 aromatic rings. The second-order valence-corrected chi connectivity index (χ2v) is 7.83. The summed E-state index contributed by atoms with van der Waals surface area (Å²) in [5.74, 6) is 0.653. The molecule has 1 unspecified atom stereocenters. The van der Waals surface area contributed by atoms with Crippen LogP contribution in [0.15, 0.2) is 49.1 Å². The van der Waals surface area contributed by atoms with Gasteiger partial charge < -0.3 is 16.5 Å². The summed E-state index contributed by atoms with van der Waals surface area (Å²) in [6.07, 6.45) is 12.3. The van der Waals surface area contributed by atoms with Crippen LogP contribution in [0.4, 0.5) is 5.82 Å².